The van der Waals surface area contributed by atoms with Crippen LogP contribution in [0.5, 0.6) is 0 Å². The third-order valence-corrected chi connectivity index (χ3v) is 4.80. The smallest absolute Gasteiger partial charge is 0.195 e. The number of hydrogen-bond acceptors (Lipinski definition) is 5. The quantitative estimate of drug-likeness (QED) is 0.860. The number of rotatable bonds is 1. The van der Waals surface area contributed by atoms with Gasteiger partial charge in [0.1, 0.15) is 17.6 Å². The lowest BCUT2D eigenvalue weighted by Crippen LogP contribution is -2.37. The third kappa shape index (κ3) is 1.66. The van der Waals surface area contributed by atoms with Gasteiger partial charge in [0, 0.05) is 30.6 Å². The van der Waals surface area contributed by atoms with Crippen molar-refractivity contribution in [1.82, 2.24) is 9.97 Å². The van der Waals surface area contributed by atoms with Crippen molar-refractivity contribution in [2.45, 2.75) is 51.1 Å². The molecule has 5 nitrogen and oxygen atoms in total. The van der Waals surface area contributed by atoms with Crippen molar-refractivity contribution < 1.29 is 4.42 Å². The van der Waals surface area contributed by atoms with E-state index >= 15 is 0 Å². The lowest BCUT2D eigenvalue weighted by molar-refractivity contribution is 0.504. The fraction of sp³-hybridized carbons (Fsp3) is 0.600. The summed E-state index contributed by atoms with van der Waals surface area (Å²) < 4.78 is 6.11. The molecule has 20 heavy (non-hydrogen) atoms. The number of nitrogens with zero attached hydrogens (tertiary/aromatic N) is 3. The van der Waals surface area contributed by atoms with Crippen molar-refractivity contribution in [3.8, 4) is 0 Å². The molecule has 0 amide bonds. The minimum absolute atomic E-state index is 0.213. The summed E-state index contributed by atoms with van der Waals surface area (Å²) in [7, 11) is 0. The summed E-state index contributed by atoms with van der Waals surface area (Å²) >= 11 is 0. The molecule has 1 saturated heterocycles. The van der Waals surface area contributed by atoms with Crippen LogP contribution in [0.4, 0.5) is 5.82 Å². The van der Waals surface area contributed by atoms with Crippen molar-refractivity contribution in [2.75, 3.05) is 11.4 Å². The standard InChI is InChI=1S/C15H20N4O/c1-9-11(16)6-7-19(9)15-14-13(17-8-18-15)10-4-2-3-5-12(10)20-14/h8-9,11H,2-7,16H2,1H3/t9?,11-/m1/s1. The van der Waals surface area contributed by atoms with Crippen LogP contribution >= 0.6 is 0 Å². The van der Waals surface area contributed by atoms with Crippen LogP contribution in [0.2, 0.25) is 0 Å². The minimum atomic E-state index is 0.213. The van der Waals surface area contributed by atoms with Gasteiger partial charge >= 0.3 is 0 Å². The van der Waals surface area contributed by atoms with Crippen LogP contribution in [-0.4, -0.2) is 28.6 Å². The molecule has 1 aliphatic heterocycles. The number of furan rings is 1. The average molecular weight is 272 g/mol. The Morgan fingerprint density at radius 3 is 2.95 bits per heavy atom. The maximum Gasteiger partial charge on any atom is 0.195 e. The Morgan fingerprint density at radius 2 is 2.15 bits per heavy atom. The van der Waals surface area contributed by atoms with Gasteiger partial charge in [-0.1, -0.05) is 0 Å². The zero-order valence-electron chi connectivity index (χ0n) is 11.8. The largest absolute Gasteiger partial charge is 0.455 e. The van der Waals surface area contributed by atoms with Gasteiger partial charge in [-0.15, -0.1) is 0 Å². The van der Waals surface area contributed by atoms with E-state index in [1.54, 1.807) is 6.33 Å². The van der Waals surface area contributed by atoms with E-state index < -0.39 is 0 Å². The van der Waals surface area contributed by atoms with Crippen LogP contribution in [-0.2, 0) is 12.8 Å². The lowest BCUT2D eigenvalue weighted by atomic mass is 9.98. The Morgan fingerprint density at radius 1 is 1.30 bits per heavy atom. The van der Waals surface area contributed by atoms with E-state index in [2.05, 4.69) is 21.8 Å². The van der Waals surface area contributed by atoms with Crippen LogP contribution in [0, 0.1) is 0 Å². The maximum atomic E-state index is 6.13. The second-order valence-electron chi connectivity index (χ2n) is 5.97. The molecule has 0 radical (unpaired) electrons. The first-order chi connectivity index (χ1) is 9.75. The highest BCUT2D eigenvalue weighted by molar-refractivity contribution is 5.87. The summed E-state index contributed by atoms with van der Waals surface area (Å²) in [5, 5.41) is 0. The normalized spacial score (nSPS) is 26.2. The summed E-state index contributed by atoms with van der Waals surface area (Å²) in [5.74, 6) is 2.04. The van der Waals surface area contributed by atoms with Crippen LogP contribution in [0.3, 0.4) is 0 Å². The fourth-order valence-corrected chi connectivity index (χ4v) is 3.50. The predicted octanol–water partition coefficient (Wildman–Crippen LogP) is 2.03. The Labute approximate surface area is 118 Å². The number of anilines is 1. The van der Waals surface area contributed by atoms with Gasteiger partial charge in [-0.25, -0.2) is 9.97 Å². The Balaban J connectivity index is 1.86. The van der Waals surface area contributed by atoms with Crippen LogP contribution < -0.4 is 10.6 Å². The summed E-state index contributed by atoms with van der Waals surface area (Å²) in [6.07, 6.45) is 7.21. The van der Waals surface area contributed by atoms with Gasteiger partial charge in [0.15, 0.2) is 11.4 Å². The molecule has 4 rings (SSSR count). The molecule has 1 fully saturated rings. The molecular weight excluding hydrogens is 252 g/mol. The van der Waals surface area contributed by atoms with Crippen molar-refractivity contribution in [3.05, 3.63) is 17.7 Å². The molecule has 5 heteroatoms. The molecule has 3 heterocycles. The zero-order valence-corrected chi connectivity index (χ0v) is 11.8. The van der Waals surface area contributed by atoms with Gasteiger partial charge in [-0.05, 0) is 32.6 Å². The maximum absolute atomic E-state index is 6.13. The molecule has 0 bridgehead atoms. The average Bonchev–Trinajstić information content (AvgIpc) is 3.01. The van der Waals surface area contributed by atoms with Crippen molar-refractivity contribution in [3.63, 3.8) is 0 Å². The van der Waals surface area contributed by atoms with Crippen LogP contribution in [0.15, 0.2) is 10.7 Å². The lowest BCUT2D eigenvalue weighted by Gasteiger charge is -2.23. The second kappa shape index (κ2) is 4.45. The van der Waals surface area contributed by atoms with Gasteiger partial charge in [-0.3, -0.25) is 0 Å². The van der Waals surface area contributed by atoms with Crippen LogP contribution in [0.25, 0.3) is 11.1 Å². The molecule has 1 unspecified atom stereocenters. The van der Waals surface area contributed by atoms with E-state index in [1.165, 1.54) is 18.4 Å². The molecule has 0 aromatic carbocycles. The van der Waals surface area contributed by atoms with Gasteiger partial charge in [0.2, 0.25) is 0 Å². The number of hydrogen-bond donors (Lipinski definition) is 1. The van der Waals surface area contributed by atoms with Gasteiger partial charge in [0.05, 0.1) is 0 Å². The first kappa shape index (κ1) is 12.1. The predicted molar refractivity (Wildman–Crippen MR) is 77.8 cm³/mol. The summed E-state index contributed by atoms with van der Waals surface area (Å²) in [6, 6.07) is 0.514. The van der Waals surface area contributed by atoms with Crippen LogP contribution in [0.1, 0.15) is 37.5 Å². The fourth-order valence-electron chi connectivity index (χ4n) is 3.50. The highest BCUT2D eigenvalue weighted by Gasteiger charge is 2.32. The minimum Gasteiger partial charge on any atom is -0.455 e. The zero-order chi connectivity index (χ0) is 13.7. The van der Waals surface area contributed by atoms with E-state index in [0.717, 1.165) is 48.5 Å². The summed E-state index contributed by atoms with van der Waals surface area (Å²) in [6.45, 7) is 3.11. The monoisotopic (exact) mass is 272 g/mol. The molecule has 2 aromatic rings. The van der Waals surface area contributed by atoms with Gasteiger partial charge in [0.25, 0.3) is 0 Å². The number of nitrogens with two attached hydrogens (primary N) is 1. The number of aromatic nitrogens is 2. The van der Waals surface area contributed by atoms with Crippen molar-refractivity contribution in [1.29, 1.82) is 0 Å². The molecule has 106 valence electrons. The summed E-state index contributed by atoms with van der Waals surface area (Å²) in [4.78, 5) is 11.2. The first-order valence-corrected chi connectivity index (χ1v) is 7.53. The second-order valence-corrected chi connectivity index (χ2v) is 5.97. The highest BCUT2D eigenvalue weighted by Crippen LogP contribution is 2.36. The molecule has 2 aromatic heterocycles. The molecule has 2 aliphatic rings. The van der Waals surface area contributed by atoms with E-state index in [4.69, 9.17) is 10.2 Å². The molecule has 1 aliphatic carbocycles. The number of aryl methyl sites for hydroxylation is 2. The molecular formula is C15H20N4O. The number of fused-ring (bicyclic) bond motifs is 3. The highest BCUT2D eigenvalue weighted by atomic mass is 16.3. The van der Waals surface area contributed by atoms with Crippen molar-refractivity contribution >= 4 is 16.9 Å². The molecule has 2 atom stereocenters. The Hall–Kier alpha value is -1.62. The van der Waals surface area contributed by atoms with Gasteiger partial charge in [-0.2, -0.15) is 0 Å². The third-order valence-electron chi connectivity index (χ3n) is 4.80. The molecule has 2 N–H and O–H groups in total. The molecule has 0 spiro atoms. The topological polar surface area (TPSA) is 68.2 Å². The summed E-state index contributed by atoms with van der Waals surface area (Å²) in [5.41, 5.74) is 9.30. The van der Waals surface area contributed by atoms with Gasteiger partial charge < -0.3 is 15.1 Å². The Bertz CT molecular complexity index is 651. The van der Waals surface area contributed by atoms with E-state index in [1.807, 2.05) is 0 Å². The van der Waals surface area contributed by atoms with Crippen molar-refractivity contribution in [2.24, 2.45) is 5.73 Å². The van der Waals surface area contributed by atoms with E-state index in [-0.39, 0.29) is 6.04 Å². The Kier molecular flexibility index (Phi) is 2.70. The van der Waals surface area contributed by atoms with E-state index in [0.29, 0.717) is 6.04 Å². The SMILES string of the molecule is CC1[C@H](N)CCN1c1ncnc2c3c(oc12)CCCC3. The first-order valence-electron chi connectivity index (χ1n) is 7.53. The molecule has 0 saturated carbocycles. The van der Waals surface area contributed by atoms with E-state index in [9.17, 15) is 0 Å².